The number of nitrogens with zero attached hydrogens (tertiary/aromatic N) is 3. The van der Waals surface area contributed by atoms with Crippen molar-refractivity contribution in [1.29, 1.82) is 0 Å². The smallest absolute Gasteiger partial charge is 0.153 e. The molecule has 0 saturated heterocycles. The van der Waals surface area contributed by atoms with Crippen LogP contribution in [0.15, 0.2) is 18.6 Å². The number of rotatable bonds is 2. The number of aryl methyl sites for hydroxylation is 1. The van der Waals surface area contributed by atoms with E-state index in [9.17, 15) is 0 Å². The molecule has 0 spiro atoms. The molecule has 0 fully saturated rings. The first kappa shape index (κ1) is 9.08. The van der Waals surface area contributed by atoms with Crippen LogP contribution < -0.4 is 5.32 Å². The Morgan fingerprint density at radius 3 is 2.64 bits per heavy atom. The Balaban J connectivity index is 2.50. The first-order chi connectivity index (χ1) is 6.81. The van der Waals surface area contributed by atoms with E-state index in [1.165, 1.54) is 0 Å². The predicted molar refractivity (Wildman–Crippen MR) is 57.4 cm³/mol. The average Bonchev–Trinajstić information content (AvgIpc) is 2.65. The van der Waals surface area contributed by atoms with Gasteiger partial charge >= 0.3 is 0 Å². The topological polar surface area (TPSA) is 50.7 Å². The van der Waals surface area contributed by atoms with Gasteiger partial charge in [-0.1, -0.05) is 0 Å². The van der Waals surface area contributed by atoms with Gasteiger partial charge in [0.15, 0.2) is 5.82 Å². The molecule has 2 rings (SSSR count). The van der Waals surface area contributed by atoms with Crippen LogP contribution in [0.25, 0.3) is 10.6 Å². The highest BCUT2D eigenvalue weighted by Gasteiger charge is 2.08. The summed E-state index contributed by atoms with van der Waals surface area (Å²) in [5.74, 6) is 0.788. The van der Waals surface area contributed by atoms with Crippen LogP contribution in [0.3, 0.4) is 0 Å². The fourth-order valence-electron chi connectivity index (χ4n) is 1.17. The predicted octanol–water partition coefficient (Wildman–Crippen LogP) is 1.95. The molecule has 0 atom stereocenters. The standard InChI is InChI=1S/C9H10N4S/c1-6-13-5-7(14-6)8-9(10-2)12-4-3-11-8/h3-5H,1-2H3,(H,10,12). The van der Waals surface area contributed by atoms with Crippen molar-refractivity contribution >= 4 is 17.2 Å². The van der Waals surface area contributed by atoms with Crippen molar-refractivity contribution in [3.63, 3.8) is 0 Å². The molecule has 0 amide bonds. The van der Waals surface area contributed by atoms with Gasteiger partial charge in [0.05, 0.1) is 9.88 Å². The lowest BCUT2D eigenvalue weighted by Gasteiger charge is -2.02. The van der Waals surface area contributed by atoms with Gasteiger partial charge in [-0.05, 0) is 6.92 Å². The number of aromatic nitrogens is 3. The summed E-state index contributed by atoms with van der Waals surface area (Å²) in [5.41, 5.74) is 0.862. The fourth-order valence-corrected chi connectivity index (χ4v) is 1.95. The van der Waals surface area contributed by atoms with Crippen LogP contribution in [0.1, 0.15) is 5.01 Å². The Bertz CT molecular complexity index is 438. The van der Waals surface area contributed by atoms with Crippen LogP contribution in [0.4, 0.5) is 5.82 Å². The molecule has 5 heteroatoms. The van der Waals surface area contributed by atoms with Gasteiger partial charge in [-0.25, -0.2) is 15.0 Å². The summed E-state index contributed by atoms with van der Waals surface area (Å²) >= 11 is 1.62. The Hall–Kier alpha value is -1.49. The van der Waals surface area contributed by atoms with E-state index in [1.807, 2.05) is 20.2 Å². The molecule has 0 bridgehead atoms. The molecule has 2 heterocycles. The quantitative estimate of drug-likeness (QED) is 0.816. The first-order valence-corrected chi connectivity index (χ1v) is 5.04. The van der Waals surface area contributed by atoms with Crippen LogP contribution in [0.5, 0.6) is 0 Å². The monoisotopic (exact) mass is 206 g/mol. The van der Waals surface area contributed by atoms with Gasteiger partial charge in [-0.15, -0.1) is 11.3 Å². The van der Waals surface area contributed by atoms with Gasteiger partial charge in [0.25, 0.3) is 0 Å². The summed E-state index contributed by atoms with van der Waals surface area (Å²) in [5, 5.41) is 4.04. The minimum atomic E-state index is 0.788. The van der Waals surface area contributed by atoms with Crippen molar-refractivity contribution in [3.8, 4) is 10.6 Å². The summed E-state index contributed by atoms with van der Waals surface area (Å²) in [6.07, 6.45) is 5.18. The summed E-state index contributed by atoms with van der Waals surface area (Å²) in [7, 11) is 1.83. The first-order valence-electron chi connectivity index (χ1n) is 4.23. The zero-order valence-corrected chi connectivity index (χ0v) is 8.80. The van der Waals surface area contributed by atoms with Gasteiger partial charge in [0.2, 0.25) is 0 Å². The molecule has 0 radical (unpaired) electrons. The highest BCUT2D eigenvalue weighted by atomic mass is 32.1. The zero-order valence-electron chi connectivity index (χ0n) is 7.98. The second kappa shape index (κ2) is 3.71. The molecular formula is C9H10N4S. The SMILES string of the molecule is CNc1nccnc1-c1cnc(C)s1. The van der Waals surface area contributed by atoms with E-state index < -0.39 is 0 Å². The normalized spacial score (nSPS) is 10.1. The Morgan fingerprint density at radius 1 is 1.21 bits per heavy atom. The summed E-state index contributed by atoms with van der Waals surface area (Å²) in [4.78, 5) is 13.7. The van der Waals surface area contributed by atoms with Gasteiger partial charge in [0, 0.05) is 25.6 Å². The molecule has 2 aromatic heterocycles. The Kier molecular flexibility index (Phi) is 2.41. The van der Waals surface area contributed by atoms with Crippen molar-refractivity contribution in [3.05, 3.63) is 23.6 Å². The molecule has 0 aliphatic carbocycles. The molecule has 0 aliphatic rings. The molecule has 14 heavy (non-hydrogen) atoms. The van der Waals surface area contributed by atoms with Crippen LogP contribution in [0, 0.1) is 6.92 Å². The van der Waals surface area contributed by atoms with Gasteiger partial charge in [-0.2, -0.15) is 0 Å². The highest BCUT2D eigenvalue weighted by molar-refractivity contribution is 7.15. The minimum Gasteiger partial charge on any atom is -0.371 e. The summed E-state index contributed by atoms with van der Waals surface area (Å²) < 4.78 is 0. The van der Waals surface area contributed by atoms with E-state index >= 15 is 0 Å². The summed E-state index contributed by atoms with van der Waals surface area (Å²) in [6, 6.07) is 0. The lowest BCUT2D eigenvalue weighted by atomic mass is 10.3. The third kappa shape index (κ3) is 1.58. The van der Waals surface area contributed by atoms with Gasteiger partial charge in [0.1, 0.15) is 5.69 Å². The lowest BCUT2D eigenvalue weighted by molar-refractivity contribution is 1.19. The van der Waals surface area contributed by atoms with E-state index in [-0.39, 0.29) is 0 Å². The third-order valence-corrected chi connectivity index (χ3v) is 2.71. The molecule has 4 nitrogen and oxygen atoms in total. The second-order valence-electron chi connectivity index (χ2n) is 2.75. The van der Waals surface area contributed by atoms with Gasteiger partial charge < -0.3 is 5.32 Å². The van der Waals surface area contributed by atoms with Crippen molar-refractivity contribution in [2.75, 3.05) is 12.4 Å². The van der Waals surface area contributed by atoms with Crippen LogP contribution in [-0.2, 0) is 0 Å². The average molecular weight is 206 g/mol. The van der Waals surface area contributed by atoms with Crippen molar-refractivity contribution in [1.82, 2.24) is 15.0 Å². The molecule has 0 aromatic carbocycles. The number of anilines is 1. The molecule has 0 saturated carbocycles. The zero-order chi connectivity index (χ0) is 9.97. The number of hydrogen-bond acceptors (Lipinski definition) is 5. The minimum absolute atomic E-state index is 0.788. The van der Waals surface area contributed by atoms with E-state index in [1.54, 1.807) is 23.7 Å². The maximum atomic E-state index is 4.28. The maximum Gasteiger partial charge on any atom is 0.153 e. The number of hydrogen-bond donors (Lipinski definition) is 1. The number of nitrogens with one attached hydrogen (secondary N) is 1. The van der Waals surface area contributed by atoms with E-state index in [2.05, 4.69) is 20.3 Å². The molecule has 0 unspecified atom stereocenters. The van der Waals surface area contributed by atoms with Crippen molar-refractivity contribution < 1.29 is 0 Å². The third-order valence-electron chi connectivity index (χ3n) is 1.79. The van der Waals surface area contributed by atoms with Crippen LogP contribution in [-0.4, -0.2) is 22.0 Å². The Morgan fingerprint density at radius 2 is 2.00 bits per heavy atom. The van der Waals surface area contributed by atoms with E-state index in [0.29, 0.717) is 0 Å². The molecule has 1 N–H and O–H groups in total. The number of thiazole rings is 1. The van der Waals surface area contributed by atoms with E-state index in [0.717, 1.165) is 21.4 Å². The van der Waals surface area contributed by atoms with Crippen LogP contribution >= 0.6 is 11.3 Å². The fraction of sp³-hybridized carbons (Fsp3) is 0.222. The lowest BCUT2D eigenvalue weighted by Crippen LogP contribution is -1.95. The second-order valence-corrected chi connectivity index (χ2v) is 3.98. The molecular weight excluding hydrogens is 196 g/mol. The molecule has 2 aromatic rings. The van der Waals surface area contributed by atoms with Crippen LogP contribution in [0.2, 0.25) is 0 Å². The van der Waals surface area contributed by atoms with Crippen molar-refractivity contribution in [2.45, 2.75) is 6.92 Å². The van der Waals surface area contributed by atoms with E-state index in [4.69, 9.17) is 0 Å². The molecule has 72 valence electrons. The largest absolute Gasteiger partial charge is 0.371 e. The van der Waals surface area contributed by atoms with Crippen molar-refractivity contribution in [2.24, 2.45) is 0 Å². The summed E-state index contributed by atoms with van der Waals surface area (Å²) in [6.45, 7) is 1.98. The van der Waals surface area contributed by atoms with Gasteiger partial charge in [-0.3, -0.25) is 0 Å². The maximum absolute atomic E-state index is 4.28. The highest BCUT2D eigenvalue weighted by Crippen LogP contribution is 2.27. The molecule has 0 aliphatic heterocycles. The Labute approximate surface area is 86.1 Å².